The summed E-state index contributed by atoms with van der Waals surface area (Å²) in [5, 5.41) is 5.27. The molecule has 0 radical (unpaired) electrons. The zero-order valence-electron chi connectivity index (χ0n) is 17.3. The third-order valence-corrected chi connectivity index (χ3v) is 4.47. The molecule has 0 aliphatic rings. The second-order valence-electron chi connectivity index (χ2n) is 7.54. The van der Waals surface area contributed by atoms with Gasteiger partial charge in [-0.1, -0.05) is 74.5 Å². The lowest BCUT2D eigenvalue weighted by atomic mass is 10.0. The SMILES string of the molecule is CC(C)C[C@H](NC(=O)[C@H](Cc1ccccc1)NC(=O)OCc1ccccc1)C(N)=O. The number of nitrogens with one attached hydrogen (secondary N) is 2. The second-order valence-corrected chi connectivity index (χ2v) is 7.54. The van der Waals surface area contributed by atoms with Crippen molar-refractivity contribution in [3.63, 3.8) is 0 Å². The molecule has 2 atom stereocenters. The van der Waals surface area contributed by atoms with Gasteiger partial charge >= 0.3 is 6.09 Å². The second kappa shape index (κ2) is 11.6. The molecule has 2 aromatic carbocycles. The number of hydrogen-bond acceptors (Lipinski definition) is 4. The first-order valence-corrected chi connectivity index (χ1v) is 9.96. The van der Waals surface area contributed by atoms with Crippen LogP contribution in [0.1, 0.15) is 31.4 Å². The summed E-state index contributed by atoms with van der Waals surface area (Å²) >= 11 is 0. The number of rotatable bonds is 10. The highest BCUT2D eigenvalue weighted by molar-refractivity contribution is 5.90. The first kappa shape index (κ1) is 22.9. The van der Waals surface area contributed by atoms with Gasteiger partial charge in [-0.2, -0.15) is 0 Å². The van der Waals surface area contributed by atoms with E-state index in [-0.39, 0.29) is 18.9 Å². The zero-order chi connectivity index (χ0) is 21.9. The molecule has 4 N–H and O–H groups in total. The van der Waals surface area contributed by atoms with Crippen LogP contribution in [0.4, 0.5) is 4.79 Å². The first-order valence-electron chi connectivity index (χ1n) is 9.96. The lowest BCUT2D eigenvalue weighted by molar-refractivity contribution is -0.128. The van der Waals surface area contributed by atoms with Crippen molar-refractivity contribution in [2.75, 3.05) is 0 Å². The molecule has 7 nitrogen and oxygen atoms in total. The van der Waals surface area contributed by atoms with E-state index in [0.717, 1.165) is 11.1 Å². The van der Waals surface area contributed by atoms with Gasteiger partial charge in [-0.25, -0.2) is 4.79 Å². The molecule has 0 saturated heterocycles. The Hall–Kier alpha value is -3.35. The van der Waals surface area contributed by atoms with Crippen molar-refractivity contribution >= 4 is 17.9 Å². The van der Waals surface area contributed by atoms with Gasteiger partial charge in [0.2, 0.25) is 11.8 Å². The van der Waals surface area contributed by atoms with Crippen LogP contribution >= 0.6 is 0 Å². The van der Waals surface area contributed by atoms with Crippen molar-refractivity contribution in [1.82, 2.24) is 10.6 Å². The average molecular weight is 412 g/mol. The van der Waals surface area contributed by atoms with Crippen LogP contribution in [0.15, 0.2) is 60.7 Å². The number of ether oxygens (including phenoxy) is 1. The van der Waals surface area contributed by atoms with E-state index in [0.29, 0.717) is 6.42 Å². The van der Waals surface area contributed by atoms with Crippen molar-refractivity contribution in [1.29, 1.82) is 0 Å². The molecule has 0 unspecified atom stereocenters. The van der Waals surface area contributed by atoms with E-state index in [2.05, 4.69) is 10.6 Å². The number of amides is 3. The van der Waals surface area contributed by atoms with Gasteiger partial charge < -0.3 is 21.1 Å². The molecule has 30 heavy (non-hydrogen) atoms. The van der Waals surface area contributed by atoms with Crippen LogP contribution in [0.3, 0.4) is 0 Å². The Morgan fingerprint density at radius 1 is 0.867 bits per heavy atom. The lowest BCUT2D eigenvalue weighted by Crippen LogP contribution is -2.54. The molecule has 0 spiro atoms. The van der Waals surface area contributed by atoms with E-state index in [4.69, 9.17) is 10.5 Å². The van der Waals surface area contributed by atoms with Crippen LogP contribution in [0.5, 0.6) is 0 Å². The highest BCUT2D eigenvalue weighted by atomic mass is 16.5. The predicted molar refractivity (Wildman–Crippen MR) is 114 cm³/mol. The maximum atomic E-state index is 12.9. The van der Waals surface area contributed by atoms with Gasteiger partial charge in [0.25, 0.3) is 0 Å². The molecule has 2 aromatic rings. The Balaban J connectivity index is 2.06. The summed E-state index contributed by atoms with van der Waals surface area (Å²) in [6.45, 7) is 3.95. The third kappa shape index (κ3) is 7.95. The van der Waals surface area contributed by atoms with Gasteiger partial charge in [-0.3, -0.25) is 9.59 Å². The quantitative estimate of drug-likeness (QED) is 0.558. The number of nitrogens with two attached hydrogens (primary N) is 1. The minimum absolute atomic E-state index is 0.0869. The number of carbonyl (C=O) groups excluding carboxylic acids is 3. The summed E-state index contributed by atoms with van der Waals surface area (Å²) in [5.74, 6) is -0.929. The molecule has 0 aliphatic heterocycles. The molecule has 0 heterocycles. The Labute approximate surface area is 177 Å². The van der Waals surface area contributed by atoms with Crippen molar-refractivity contribution < 1.29 is 19.1 Å². The maximum absolute atomic E-state index is 12.9. The molecule has 7 heteroatoms. The summed E-state index contributed by atoms with van der Waals surface area (Å²) in [7, 11) is 0. The summed E-state index contributed by atoms with van der Waals surface area (Å²) in [6, 6.07) is 16.8. The minimum atomic E-state index is -0.912. The van der Waals surface area contributed by atoms with Gasteiger partial charge in [0.05, 0.1) is 0 Å². The zero-order valence-corrected chi connectivity index (χ0v) is 17.3. The Morgan fingerprint density at radius 3 is 1.97 bits per heavy atom. The fraction of sp³-hybridized carbons (Fsp3) is 0.348. The third-order valence-electron chi connectivity index (χ3n) is 4.47. The average Bonchev–Trinajstić information content (AvgIpc) is 2.72. The summed E-state index contributed by atoms with van der Waals surface area (Å²) in [6.07, 6.45) is -0.0490. The molecule has 0 fully saturated rings. The highest BCUT2D eigenvalue weighted by Gasteiger charge is 2.27. The van der Waals surface area contributed by atoms with Crippen LogP contribution in [-0.2, 0) is 27.4 Å². The number of benzene rings is 2. The molecule has 0 aromatic heterocycles. The monoisotopic (exact) mass is 411 g/mol. The van der Waals surface area contributed by atoms with Gasteiger partial charge in [-0.15, -0.1) is 0 Å². The Morgan fingerprint density at radius 2 is 1.43 bits per heavy atom. The summed E-state index contributed by atoms with van der Waals surface area (Å²) in [4.78, 5) is 36.9. The highest BCUT2D eigenvalue weighted by Crippen LogP contribution is 2.08. The van der Waals surface area contributed by atoms with Crippen LogP contribution in [0.2, 0.25) is 0 Å². The molecule has 0 bridgehead atoms. The number of primary amides is 1. The molecule has 0 aliphatic carbocycles. The normalized spacial score (nSPS) is 12.6. The van der Waals surface area contributed by atoms with Crippen LogP contribution in [0, 0.1) is 5.92 Å². The van der Waals surface area contributed by atoms with Crippen LogP contribution < -0.4 is 16.4 Å². The van der Waals surface area contributed by atoms with Crippen molar-refractivity contribution in [2.45, 2.75) is 45.4 Å². The van der Waals surface area contributed by atoms with Crippen molar-refractivity contribution in [3.05, 3.63) is 71.8 Å². The van der Waals surface area contributed by atoms with Crippen molar-refractivity contribution in [2.24, 2.45) is 11.7 Å². The van der Waals surface area contributed by atoms with Crippen LogP contribution in [-0.4, -0.2) is 30.0 Å². The maximum Gasteiger partial charge on any atom is 0.408 e. The molecule has 0 saturated carbocycles. The van der Waals surface area contributed by atoms with E-state index in [1.54, 1.807) is 0 Å². The smallest absolute Gasteiger partial charge is 0.408 e. The number of alkyl carbamates (subject to hydrolysis) is 1. The summed E-state index contributed by atoms with van der Waals surface area (Å²) in [5.41, 5.74) is 7.13. The van der Waals surface area contributed by atoms with Gasteiger partial charge in [0, 0.05) is 6.42 Å². The lowest BCUT2D eigenvalue weighted by Gasteiger charge is -2.23. The van der Waals surface area contributed by atoms with Crippen LogP contribution in [0.25, 0.3) is 0 Å². The topological polar surface area (TPSA) is 111 Å². The first-order chi connectivity index (χ1) is 14.3. The van der Waals surface area contributed by atoms with Crippen molar-refractivity contribution in [3.8, 4) is 0 Å². The minimum Gasteiger partial charge on any atom is -0.445 e. The molecular formula is C23H29N3O4. The van der Waals surface area contributed by atoms with E-state index >= 15 is 0 Å². The fourth-order valence-electron chi connectivity index (χ4n) is 2.96. The predicted octanol–water partition coefficient (Wildman–Crippen LogP) is 2.54. The Kier molecular flexibility index (Phi) is 8.87. The number of hydrogen-bond donors (Lipinski definition) is 3. The molecule has 160 valence electrons. The van der Waals surface area contributed by atoms with Gasteiger partial charge in [0.1, 0.15) is 18.7 Å². The summed E-state index contributed by atoms with van der Waals surface area (Å²) < 4.78 is 5.24. The number of carbonyl (C=O) groups is 3. The van der Waals surface area contributed by atoms with E-state index < -0.39 is 30.0 Å². The molecular weight excluding hydrogens is 382 g/mol. The standard InChI is InChI=1S/C23H29N3O4/c1-16(2)13-19(21(24)27)25-22(28)20(14-17-9-5-3-6-10-17)26-23(29)30-15-18-11-7-4-8-12-18/h3-12,16,19-20H,13-15H2,1-2H3,(H2,24,27)(H,25,28)(H,26,29)/t19-,20-/m0/s1. The Bertz CT molecular complexity index is 825. The largest absolute Gasteiger partial charge is 0.445 e. The van der Waals surface area contributed by atoms with E-state index in [1.807, 2.05) is 74.5 Å². The molecule has 3 amide bonds. The van der Waals surface area contributed by atoms with E-state index in [1.165, 1.54) is 0 Å². The fourth-order valence-corrected chi connectivity index (χ4v) is 2.96. The van der Waals surface area contributed by atoms with E-state index in [9.17, 15) is 14.4 Å². The van der Waals surface area contributed by atoms with Gasteiger partial charge in [0.15, 0.2) is 0 Å². The molecule has 2 rings (SSSR count). The van der Waals surface area contributed by atoms with Gasteiger partial charge in [-0.05, 0) is 23.5 Å².